The van der Waals surface area contributed by atoms with Crippen LogP contribution in [0.15, 0.2) is 40.9 Å². The quantitative estimate of drug-likeness (QED) is 0.782. The lowest BCUT2D eigenvalue weighted by atomic mass is 10.2. The predicted octanol–water partition coefficient (Wildman–Crippen LogP) is 3.35. The molecule has 2 aromatic carbocycles. The third-order valence-electron chi connectivity index (χ3n) is 3.28. The van der Waals surface area contributed by atoms with Crippen LogP contribution in [-0.2, 0) is 9.59 Å². The van der Waals surface area contributed by atoms with Gasteiger partial charge in [-0.1, -0.05) is 15.9 Å². The zero-order chi connectivity index (χ0) is 17.7. The lowest BCUT2D eigenvalue weighted by molar-refractivity contribution is -0.133. The van der Waals surface area contributed by atoms with Gasteiger partial charge < -0.3 is 20.1 Å². The molecule has 0 spiro atoms. The summed E-state index contributed by atoms with van der Waals surface area (Å²) < 4.78 is 11.2. The number of ether oxygens (including phenoxy) is 2. The number of hydrogen-bond acceptors (Lipinski definition) is 4. The van der Waals surface area contributed by atoms with E-state index in [4.69, 9.17) is 9.47 Å². The molecule has 7 heteroatoms. The summed E-state index contributed by atoms with van der Waals surface area (Å²) in [5.41, 5.74) is 1.85. The van der Waals surface area contributed by atoms with E-state index in [9.17, 15) is 9.59 Å². The number of aryl methyl sites for hydroxylation is 1. The molecule has 2 amide bonds. The third kappa shape index (κ3) is 4.26. The van der Waals surface area contributed by atoms with Gasteiger partial charge in [0.25, 0.3) is 0 Å². The highest BCUT2D eigenvalue weighted by Gasteiger charge is 2.16. The van der Waals surface area contributed by atoms with Crippen molar-refractivity contribution in [3.8, 4) is 11.5 Å². The number of anilines is 2. The second-order valence-electron chi connectivity index (χ2n) is 4.94. The Hall–Kier alpha value is -2.54. The van der Waals surface area contributed by atoms with Crippen LogP contribution in [0.2, 0.25) is 0 Å². The first kappa shape index (κ1) is 17.8. The standard InChI is InChI=1S/C17H17BrN2O4/c1-10-8-11(18)4-6-13(10)20-17(22)16(21)19-12-5-7-14(23-2)15(9-12)24-3/h4-9H,1-3H3,(H,19,21)(H,20,22). The van der Waals surface area contributed by atoms with Crippen LogP contribution in [0.25, 0.3) is 0 Å². The summed E-state index contributed by atoms with van der Waals surface area (Å²) in [6, 6.07) is 10.2. The Morgan fingerprint density at radius 1 is 0.917 bits per heavy atom. The monoisotopic (exact) mass is 392 g/mol. The number of carbonyl (C=O) groups excluding carboxylic acids is 2. The van der Waals surface area contributed by atoms with E-state index in [-0.39, 0.29) is 0 Å². The van der Waals surface area contributed by atoms with Crippen LogP contribution >= 0.6 is 15.9 Å². The van der Waals surface area contributed by atoms with Crippen molar-refractivity contribution in [2.45, 2.75) is 6.92 Å². The van der Waals surface area contributed by atoms with Gasteiger partial charge in [0.1, 0.15) is 0 Å². The predicted molar refractivity (Wildman–Crippen MR) is 95.7 cm³/mol. The van der Waals surface area contributed by atoms with Gasteiger partial charge in [-0.15, -0.1) is 0 Å². The Balaban J connectivity index is 2.07. The van der Waals surface area contributed by atoms with Crippen molar-refractivity contribution < 1.29 is 19.1 Å². The average Bonchev–Trinajstić information content (AvgIpc) is 2.57. The summed E-state index contributed by atoms with van der Waals surface area (Å²) in [4.78, 5) is 24.1. The maximum absolute atomic E-state index is 12.0. The molecule has 0 saturated heterocycles. The Morgan fingerprint density at radius 2 is 1.58 bits per heavy atom. The molecule has 2 aromatic rings. The molecule has 126 valence electrons. The molecule has 0 heterocycles. The van der Waals surface area contributed by atoms with E-state index in [1.807, 2.05) is 13.0 Å². The van der Waals surface area contributed by atoms with Crippen molar-refractivity contribution >= 4 is 39.1 Å². The van der Waals surface area contributed by atoms with E-state index in [1.165, 1.54) is 14.2 Å². The Bertz CT molecular complexity index is 777. The van der Waals surface area contributed by atoms with Crippen molar-refractivity contribution in [3.05, 3.63) is 46.4 Å². The number of carbonyl (C=O) groups is 2. The molecular formula is C17H17BrN2O4. The molecule has 0 fully saturated rings. The number of halogens is 1. The highest BCUT2D eigenvalue weighted by atomic mass is 79.9. The molecule has 6 nitrogen and oxygen atoms in total. The third-order valence-corrected chi connectivity index (χ3v) is 3.78. The molecule has 0 unspecified atom stereocenters. The molecule has 0 saturated carbocycles. The minimum Gasteiger partial charge on any atom is -0.493 e. The molecule has 0 radical (unpaired) electrons. The molecule has 0 aliphatic rings. The number of amides is 2. The molecule has 0 atom stereocenters. The number of methoxy groups -OCH3 is 2. The van der Waals surface area contributed by atoms with Crippen molar-refractivity contribution in [1.82, 2.24) is 0 Å². The van der Waals surface area contributed by atoms with E-state index in [2.05, 4.69) is 26.6 Å². The molecular weight excluding hydrogens is 376 g/mol. The molecule has 24 heavy (non-hydrogen) atoms. The Labute approximate surface area is 148 Å². The van der Waals surface area contributed by atoms with Crippen molar-refractivity contribution in [1.29, 1.82) is 0 Å². The van der Waals surface area contributed by atoms with E-state index in [0.29, 0.717) is 22.9 Å². The fourth-order valence-corrected chi connectivity index (χ4v) is 2.52. The van der Waals surface area contributed by atoms with Crippen LogP contribution in [0.1, 0.15) is 5.56 Å². The SMILES string of the molecule is COc1ccc(NC(=O)C(=O)Nc2ccc(Br)cc2C)cc1OC. The van der Waals surface area contributed by atoms with Gasteiger partial charge in [0.15, 0.2) is 11.5 Å². The first-order chi connectivity index (χ1) is 11.4. The number of benzene rings is 2. The lowest BCUT2D eigenvalue weighted by Crippen LogP contribution is -2.29. The first-order valence-electron chi connectivity index (χ1n) is 7.05. The minimum atomic E-state index is -0.774. The topological polar surface area (TPSA) is 76.7 Å². The van der Waals surface area contributed by atoms with E-state index >= 15 is 0 Å². The molecule has 2 N–H and O–H groups in total. The molecule has 2 rings (SSSR count). The summed E-state index contributed by atoms with van der Waals surface area (Å²) in [7, 11) is 3.01. The fraction of sp³-hybridized carbons (Fsp3) is 0.176. The van der Waals surface area contributed by atoms with Crippen molar-refractivity contribution in [2.24, 2.45) is 0 Å². The van der Waals surface area contributed by atoms with Crippen LogP contribution < -0.4 is 20.1 Å². The largest absolute Gasteiger partial charge is 0.493 e. The van der Waals surface area contributed by atoms with E-state index in [0.717, 1.165) is 10.0 Å². The van der Waals surface area contributed by atoms with Gasteiger partial charge in [-0.05, 0) is 42.8 Å². The van der Waals surface area contributed by atoms with Gasteiger partial charge in [-0.2, -0.15) is 0 Å². The summed E-state index contributed by atoms with van der Waals surface area (Å²) in [5, 5.41) is 5.10. The number of rotatable bonds is 4. The fourth-order valence-electron chi connectivity index (χ4n) is 2.05. The molecule has 0 aliphatic carbocycles. The maximum Gasteiger partial charge on any atom is 0.314 e. The van der Waals surface area contributed by atoms with Gasteiger partial charge in [-0.25, -0.2) is 0 Å². The van der Waals surface area contributed by atoms with Crippen LogP contribution in [0.4, 0.5) is 11.4 Å². The van der Waals surface area contributed by atoms with Gasteiger partial charge in [-0.3, -0.25) is 9.59 Å². The summed E-state index contributed by atoms with van der Waals surface area (Å²) in [5.74, 6) is -0.537. The minimum absolute atomic E-state index is 0.431. The summed E-state index contributed by atoms with van der Waals surface area (Å²) in [6.45, 7) is 1.84. The lowest BCUT2D eigenvalue weighted by Gasteiger charge is -2.11. The molecule has 0 bridgehead atoms. The molecule has 0 aliphatic heterocycles. The second kappa shape index (κ2) is 7.83. The van der Waals surface area contributed by atoms with Gasteiger partial charge >= 0.3 is 11.8 Å². The number of hydrogen-bond donors (Lipinski definition) is 2. The summed E-state index contributed by atoms with van der Waals surface area (Å²) >= 11 is 3.35. The number of nitrogens with one attached hydrogen (secondary N) is 2. The van der Waals surface area contributed by atoms with Crippen molar-refractivity contribution in [2.75, 3.05) is 24.9 Å². The van der Waals surface area contributed by atoms with Crippen LogP contribution in [0, 0.1) is 6.92 Å². The second-order valence-corrected chi connectivity index (χ2v) is 5.85. The smallest absolute Gasteiger partial charge is 0.314 e. The van der Waals surface area contributed by atoms with Crippen LogP contribution in [0.3, 0.4) is 0 Å². The van der Waals surface area contributed by atoms with Gasteiger partial charge in [0.2, 0.25) is 0 Å². The van der Waals surface area contributed by atoms with E-state index in [1.54, 1.807) is 30.3 Å². The van der Waals surface area contributed by atoms with Crippen molar-refractivity contribution in [3.63, 3.8) is 0 Å². The van der Waals surface area contributed by atoms with E-state index < -0.39 is 11.8 Å². The summed E-state index contributed by atoms with van der Waals surface area (Å²) in [6.07, 6.45) is 0. The van der Waals surface area contributed by atoms with Crippen LogP contribution in [-0.4, -0.2) is 26.0 Å². The average molecular weight is 393 g/mol. The normalized spacial score (nSPS) is 10.0. The Kier molecular flexibility index (Phi) is 5.81. The highest BCUT2D eigenvalue weighted by Crippen LogP contribution is 2.29. The Morgan fingerprint density at radius 3 is 2.21 bits per heavy atom. The maximum atomic E-state index is 12.0. The van der Waals surface area contributed by atoms with Gasteiger partial charge in [0, 0.05) is 21.9 Å². The van der Waals surface area contributed by atoms with Crippen LogP contribution in [0.5, 0.6) is 11.5 Å². The first-order valence-corrected chi connectivity index (χ1v) is 7.84. The zero-order valence-corrected chi connectivity index (χ0v) is 15.1. The van der Waals surface area contributed by atoms with Gasteiger partial charge in [0.05, 0.1) is 14.2 Å². The zero-order valence-electron chi connectivity index (χ0n) is 13.5. The highest BCUT2D eigenvalue weighted by molar-refractivity contribution is 9.10. The molecule has 0 aromatic heterocycles.